The third-order valence-corrected chi connectivity index (χ3v) is 0.855. The van der Waals surface area contributed by atoms with Crippen LogP contribution in [0.25, 0.3) is 0 Å². The molecule has 0 rings (SSSR count). The summed E-state index contributed by atoms with van der Waals surface area (Å²) >= 11 is 4.93. The third-order valence-electron chi connectivity index (χ3n) is 0.729. The van der Waals surface area contributed by atoms with Gasteiger partial charge in [0.25, 0.3) is 0 Å². The van der Waals surface area contributed by atoms with E-state index >= 15 is 0 Å². The second-order valence-electron chi connectivity index (χ2n) is 1.51. The van der Waals surface area contributed by atoms with Crippen LogP contribution in [0.3, 0.4) is 0 Å². The van der Waals surface area contributed by atoms with Crippen molar-refractivity contribution in [3.63, 3.8) is 0 Å². The van der Waals surface area contributed by atoms with Crippen LogP contribution in [0.1, 0.15) is 6.92 Å². The number of hydrogen-bond donors (Lipinski definition) is 1. The first-order valence-corrected chi connectivity index (χ1v) is 3.22. The smallest absolute Gasteiger partial charge is 0.245 e. The van der Waals surface area contributed by atoms with Crippen LogP contribution in [-0.2, 0) is 9.53 Å². The van der Waals surface area contributed by atoms with Crippen molar-refractivity contribution in [3.05, 3.63) is 12.2 Å². The van der Waals surface area contributed by atoms with E-state index in [1.165, 1.54) is 6.08 Å². The molecule has 0 aromatic heterocycles. The normalized spacial score (nSPS) is 13.9. The highest BCUT2D eigenvalue weighted by Crippen LogP contribution is 1.90. The molecule has 10 heavy (non-hydrogen) atoms. The van der Waals surface area contributed by atoms with E-state index in [0.29, 0.717) is 6.61 Å². The Balaban J connectivity index is 3.55. The maximum absolute atomic E-state index is 10.1. The highest BCUT2D eigenvalue weighted by molar-refractivity contribution is 6.66. The summed E-state index contributed by atoms with van der Waals surface area (Å²) in [6.45, 7) is 2.13. The van der Waals surface area contributed by atoms with Gasteiger partial charge in [-0.1, -0.05) is 0 Å². The van der Waals surface area contributed by atoms with Crippen LogP contribution in [0, 0.1) is 0 Å². The first-order chi connectivity index (χ1) is 4.66. The molecule has 0 saturated heterocycles. The van der Waals surface area contributed by atoms with Crippen molar-refractivity contribution in [1.82, 2.24) is 0 Å². The van der Waals surface area contributed by atoms with Gasteiger partial charge in [-0.15, -0.1) is 0 Å². The van der Waals surface area contributed by atoms with Crippen LogP contribution in [-0.4, -0.2) is 23.2 Å². The topological polar surface area (TPSA) is 46.5 Å². The summed E-state index contributed by atoms with van der Waals surface area (Å²) in [6, 6.07) is 0. The maximum atomic E-state index is 10.1. The monoisotopic (exact) mass is 164 g/mol. The molecule has 0 spiro atoms. The number of ether oxygens (including phenoxy) is 1. The van der Waals surface area contributed by atoms with Gasteiger partial charge in [-0.3, -0.25) is 4.79 Å². The largest absolute Gasteiger partial charge is 0.365 e. The molecule has 4 heteroatoms. The van der Waals surface area contributed by atoms with Crippen LogP contribution in [0.2, 0.25) is 0 Å². The SMILES string of the molecule is CCOC(O)/C=C\C(=O)Cl. The number of allylic oxidation sites excluding steroid dienone is 1. The van der Waals surface area contributed by atoms with Crippen molar-refractivity contribution in [2.24, 2.45) is 0 Å². The molecule has 0 amide bonds. The van der Waals surface area contributed by atoms with E-state index in [-0.39, 0.29) is 0 Å². The lowest BCUT2D eigenvalue weighted by atomic mass is 10.5. The molecule has 0 aliphatic heterocycles. The first kappa shape index (κ1) is 9.62. The van der Waals surface area contributed by atoms with Gasteiger partial charge >= 0.3 is 0 Å². The van der Waals surface area contributed by atoms with Crippen LogP contribution >= 0.6 is 11.6 Å². The Bertz CT molecular complexity index is 133. The van der Waals surface area contributed by atoms with E-state index in [4.69, 9.17) is 16.7 Å². The van der Waals surface area contributed by atoms with Crippen LogP contribution in [0.4, 0.5) is 0 Å². The third kappa shape index (κ3) is 5.75. The van der Waals surface area contributed by atoms with E-state index in [1.807, 2.05) is 0 Å². The van der Waals surface area contributed by atoms with Gasteiger partial charge in [0.1, 0.15) is 0 Å². The molecule has 0 fully saturated rings. The zero-order chi connectivity index (χ0) is 7.98. The lowest BCUT2D eigenvalue weighted by Gasteiger charge is -2.02. The van der Waals surface area contributed by atoms with Crippen LogP contribution in [0.5, 0.6) is 0 Å². The molecule has 58 valence electrons. The average molecular weight is 165 g/mol. The van der Waals surface area contributed by atoms with Gasteiger partial charge in [0.15, 0.2) is 6.29 Å². The van der Waals surface area contributed by atoms with Crippen molar-refractivity contribution in [3.8, 4) is 0 Å². The number of hydrogen-bond acceptors (Lipinski definition) is 3. The van der Waals surface area contributed by atoms with E-state index in [2.05, 4.69) is 4.74 Å². The average Bonchev–Trinajstić information content (AvgIpc) is 1.85. The molecule has 0 aromatic carbocycles. The lowest BCUT2D eigenvalue weighted by molar-refractivity contribution is -0.108. The number of carbonyl (C=O) groups is 1. The second kappa shape index (κ2) is 5.41. The second-order valence-corrected chi connectivity index (χ2v) is 1.88. The molecule has 1 unspecified atom stereocenters. The summed E-state index contributed by atoms with van der Waals surface area (Å²) in [4.78, 5) is 10.1. The summed E-state index contributed by atoms with van der Waals surface area (Å²) in [7, 11) is 0. The molecule has 1 atom stereocenters. The van der Waals surface area contributed by atoms with Gasteiger partial charge in [-0.25, -0.2) is 0 Å². The number of aliphatic hydroxyl groups excluding tert-OH is 1. The summed E-state index contributed by atoms with van der Waals surface area (Å²) in [5, 5.41) is 8.15. The zero-order valence-electron chi connectivity index (χ0n) is 5.58. The molecule has 0 saturated carbocycles. The van der Waals surface area contributed by atoms with Crippen LogP contribution < -0.4 is 0 Å². The maximum Gasteiger partial charge on any atom is 0.245 e. The highest BCUT2D eigenvalue weighted by atomic mass is 35.5. The molecular weight excluding hydrogens is 156 g/mol. The van der Waals surface area contributed by atoms with Crippen molar-refractivity contribution < 1.29 is 14.6 Å². The molecule has 0 radical (unpaired) electrons. The number of carbonyl (C=O) groups excluding carboxylic acids is 1. The molecule has 0 aliphatic carbocycles. The first-order valence-electron chi connectivity index (χ1n) is 2.84. The van der Waals surface area contributed by atoms with Crippen molar-refractivity contribution in [2.75, 3.05) is 6.61 Å². The molecule has 0 aromatic rings. The Morgan fingerprint density at radius 3 is 2.90 bits per heavy atom. The summed E-state index contributed by atoms with van der Waals surface area (Å²) in [5.74, 6) is 0. The van der Waals surface area contributed by atoms with E-state index in [0.717, 1.165) is 6.08 Å². The van der Waals surface area contributed by atoms with Gasteiger partial charge in [-0.05, 0) is 30.7 Å². The molecule has 0 bridgehead atoms. The minimum Gasteiger partial charge on any atom is -0.365 e. The molecular formula is C6H9ClO3. The Morgan fingerprint density at radius 2 is 2.50 bits per heavy atom. The number of aliphatic hydroxyl groups is 1. The Labute approximate surface area is 64.2 Å². The predicted molar refractivity (Wildman–Crippen MR) is 37.6 cm³/mol. The highest BCUT2D eigenvalue weighted by Gasteiger charge is 1.95. The molecule has 0 heterocycles. The minimum atomic E-state index is -1.03. The van der Waals surface area contributed by atoms with Gasteiger partial charge in [0, 0.05) is 6.61 Å². The molecule has 3 nitrogen and oxygen atoms in total. The Kier molecular flexibility index (Phi) is 5.20. The summed E-state index contributed by atoms with van der Waals surface area (Å²) in [6.07, 6.45) is 1.19. The predicted octanol–water partition coefficient (Wildman–Crippen LogP) is 0.663. The Hall–Kier alpha value is -0.380. The number of halogens is 1. The minimum absolute atomic E-state index is 0.391. The lowest BCUT2D eigenvalue weighted by Crippen LogP contribution is -2.07. The fourth-order valence-electron chi connectivity index (χ4n) is 0.384. The number of rotatable bonds is 4. The fraction of sp³-hybridized carbons (Fsp3) is 0.500. The quantitative estimate of drug-likeness (QED) is 0.377. The molecule has 1 N–H and O–H groups in total. The van der Waals surface area contributed by atoms with Gasteiger partial charge in [-0.2, -0.15) is 0 Å². The zero-order valence-corrected chi connectivity index (χ0v) is 6.34. The van der Waals surface area contributed by atoms with Crippen molar-refractivity contribution in [1.29, 1.82) is 0 Å². The van der Waals surface area contributed by atoms with Crippen molar-refractivity contribution >= 4 is 16.8 Å². The van der Waals surface area contributed by atoms with Gasteiger partial charge < -0.3 is 9.84 Å². The molecule has 0 aliphatic rings. The standard InChI is InChI=1S/C6H9ClO3/c1-2-10-6(9)4-3-5(7)8/h3-4,6,9H,2H2,1H3/b4-3-. The van der Waals surface area contributed by atoms with E-state index < -0.39 is 11.5 Å². The van der Waals surface area contributed by atoms with Gasteiger partial charge in [0.2, 0.25) is 5.24 Å². The van der Waals surface area contributed by atoms with Crippen molar-refractivity contribution in [2.45, 2.75) is 13.2 Å². The van der Waals surface area contributed by atoms with E-state index in [9.17, 15) is 4.79 Å². The van der Waals surface area contributed by atoms with Gasteiger partial charge in [0.05, 0.1) is 0 Å². The van der Waals surface area contributed by atoms with Crippen LogP contribution in [0.15, 0.2) is 12.2 Å². The Morgan fingerprint density at radius 1 is 1.90 bits per heavy atom. The summed E-state index contributed by atoms with van der Waals surface area (Å²) < 4.78 is 4.65. The fourth-order valence-corrected chi connectivity index (χ4v) is 0.457. The van der Waals surface area contributed by atoms with E-state index in [1.54, 1.807) is 6.92 Å². The summed E-state index contributed by atoms with van der Waals surface area (Å²) in [5.41, 5.74) is 0.